The highest BCUT2D eigenvalue weighted by atomic mass is 32.1. The van der Waals surface area contributed by atoms with Crippen molar-refractivity contribution in [3.8, 4) is 21.9 Å². The Bertz CT molecular complexity index is 1290. The number of ketones is 1. The van der Waals surface area contributed by atoms with E-state index in [2.05, 4.69) is 12.1 Å². The fraction of sp³-hybridized carbons (Fsp3) is 0.276. The number of hydrogen-bond acceptors (Lipinski definition) is 4. The van der Waals surface area contributed by atoms with E-state index in [-0.39, 0.29) is 17.3 Å². The third-order valence-electron chi connectivity index (χ3n) is 6.80. The van der Waals surface area contributed by atoms with Gasteiger partial charge in [-0.2, -0.15) is 0 Å². The lowest BCUT2D eigenvalue weighted by Gasteiger charge is -2.23. The molecule has 0 radical (unpaired) electrons. The second-order valence-electron chi connectivity index (χ2n) is 9.22. The Balaban J connectivity index is 1.39. The largest absolute Gasteiger partial charge is 0.508 e. The molecule has 0 saturated carbocycles. The van der Waals surface area contributed by atoms with E-state index >= 15 is 0 Å². The number of thiophene rings is 1. The molecule has 1 aliphatic heterocycles. The first kappa shape index (κ1) is 22.6. The normalized spacial score (nSPS) is 14.5. The maximum atomic E-state index is 13.7. The van der Waals surface area contributed by atoms with Crippen molar-refractivity contribution in [1.82, 2.24) is 0 Å². The zero-order valence-electron chi connectivity index (χ0n) is 19.2. The summed E-state index contributed by atoms with van der Waals surface area (Å²) in [6.07, 6.45) is 6.31. The van der Waals surface area contributed by atoms with Crippen LogP contribution in [0.2, 0.25) is 0 Å². The first-order valence-electron chi connectivity index (χ1n) is 12.1. The molecule has 0 aliphatic carbocycles. The number of rotatable bonds is 7. The molecule has 5 heteroatoms. The molecule has 3 N–H and O–H groups in total. The standard InChI is InChI=1S/C29H29NO3S/c31-23-12-10-22(11-13-23)29-27(25-15-14-24(32)19-26(25)34-29)28(33)21-8-6-20(7-9-21)5-4-18-30-16-2-1-3-17-30/h6-15,19,31-32H,1-5,16-18H2/p+1. The number of benzene rings is 3. The summed E-state index contributed by atoms with van der Waals surface area (Å²) in [7, 11) is 0. The number of fused-ring (bicyclic) bond motifs is 1. The summed E-state index contributed by atoms with van der Waals surface area (Å²) in [5.41, 5.74) is 3.45. The van der Waals surface area contributed by atoms with Gasteiger partial charge in [0.1, 0.15) is 11.5 Å². The van der Waals surface area contributed by atoms with Crippen LogP contribution in [0.25, 0.3) is 20.5 Å². The number of piperidine rings is 1. The highest BCUT2D eigenvalue weighted by molar-refractivity contribution is 7.22. The van der Waals surface area contributed by atoms with Gasteiger partial charge in [0.15, 0.2) is 5.78 Å². The number of aryl methyl sites for hydroxylation is 1. The number of nitrogens with one attached hydrogen (secondary N) is 1. The molecule has 34 heavy (non-hydrogen) atoms. The maximum absolute atomic E-state index is 13.7. The zero-order valence-corrected chi connectivity index (χ0v) is 20.0. The van der Waals surface area contributed by atoms with Gasteiger partial charge in [-0.15, -0.1) is 11.3 Å². The Morgan fingerprint density at radius 2 is 1.56 bits per heavy atom. The van der Waals surface area contributed by atoms with Gasteiger partial charge in [-0.1, -0.05) is 24.3 Å². The number of phenolic OH excluding ortho intramolecular Hbond substituents is 2. The van der Waals surface area contributed by atoms with Gasteiger partial charge in [0.25, 0.3) is 0 Å². The lowest BCUT2D eigenvalue weighted by Crippen LogP contribution is -3.12. The molecule has 0 atom stereocenters. The number of carbonyl (C=O) groups excluding carboxylic acids is 1. The van der Waals surface area contributed by atoms with Crippen LogP contribution in [0.3, 0.4) is 0 Å². The van der Waals surface area contributed by atoms with Gasteiger partial charge in [-0.05, 0) is 79.3 Å². The molecule has 1 saturated heterocycles. The highest BCUT2D eigenvalue weighted by Gasteiger charge is 2.22. The Labute approximate surface area is 204 Å². The van der Waals surface area contributed by atoms with Gasteiger partial charge < -0.3 is 15.1 Å². The minimum Gasteiger partial charge on any atom is -0.508 e. The van der Waals surface area contributed by atoms with Crippen molar-refractivity contribution in [3.63, 3.8) is 0 Å². The highest BCUT2D eigenvalue weighted by Crippen LogP contribution is 2.41. The Morgan fingerprint density at radius 1 is 0.853 bits per heavy atom. The predicted octanol–water partition coefficient (Wildman–Crippen LogP) is 5.21. The lowest BCUT2D eigenvalue weighted by atomic mass is 9.96. The molecular formula is C29H30NO3S+. The van der Waals surface area contributed by atoms with Crippen molar-refractivity contribution >= 4 is 27.2 Å². The Morgan fingerprint density at radius 3 is 2.29 bits per heavy atom. The molecule has 0 amide bonds. The van der Waals surface area contributed by atoms with Crippen molar-refractivity contribution < 1.29 is 19.9 Å². The van der Waals surface area contributed by atoms with E-state index < -0.39 is 0 Å². The molecule has 174 valence electrons. The summed E-state index contributed by atoms with van der Waals surface area (Å²) < 4.78 is 0.864. The molecule has 3 aromatic carbocycles. The third kappa shape index (κ3) is 4.86. The minimum absolute atomic E-state index is 0.0238. The first-order chi connectivity index (χ1) is 16.6. The number of aromatic hydroxyl groups is 2. The molecule has 1 fully saturated rings. The van der Waals surface area contributed by atoms with Gasteiger partial charge in [0, 0.05) is 32.5 Å². The molecular weight excluding hydrogens is 442 g/mol. The van der Waals surface area contributed by atoms with Crippen LogP contribution in [0.15, 0.2) is 66.7 Å². The van der Waals surface area contributed by atoms with Crippen molar-refractivity contribution in [2.75, 3.05) is 19.6 Å². The molecule has 2 heterocycles. The van der Waals surface area contributed by atoms with E-state index in [4.69, 9.17) is 0 Å². The van der Waals surface area contributed by atoms with Gasteiger partial charge in [-0.3, -0.25) is 4.79 Å². The van der Waals surface area contributed by atoms with Crippen LogP contribution in [0.1, 0.15) is 47.2 Å². The number of quaternary nitrogens is 1. The molecule has 5 rings (SSSR count). The summed E-state index contributed by atoms with van der Waals surface area (Å²) in [6, 6.07) is 20.1. The molecule has 4 nitrogen and oxygen atoms in total. The third-order valence-corrected chi connectivity index (χ3v) is 8.00. The van der Waals surface area contributed by atoms with E-state index in [9.17, 15) is 15.0 Å². The van der Waals surface area contributed by atoms with Gasteiger partial charge in [0.05, 0.1) is 19.6 Å². The van der Waals surface area contributed by atoms with Crippen LogP contribution in [0.5, 0.6) is 11.5 Å². The van der Waals surface area contributed by atoms with Crippen LogP contribution >= 0.6 is 11.3 Å². The maximum Gasteiger partial charge on any atom is 0.195 e. The van der Waals surface area contributed by atoms with Gasteiger partial charge in [0.2, 0.25) is 0 Å². The summed E-state index contributed by atoms with van der Waals surface area (Å²) >= 11 is 1.48. The van der Waals surface area contributed by atoms with Gasteiger partial charge >= 0.3 is 0 Å². The van der Waals surface area contributed by atoms with Crippen LogP contribution in [0, 0.1) is 0 Å². The fourth-order valence-corrected chi connectivity index (χ4v) is 6.18. The van der Waals surface area contributed by atoms with E-state index in [0.717, 1.165) is 26.9 Å². The molecule has 4 aromatic rings. The van der Waals surface area contributed by atoms with Crippen molar-refractivity contribution in [2.45, 2.75) is 32.1 Å². The Kier molecular flexibility index (Phi) is 6.66. The van der Waals surface area contributed by atoms with Crippen LogP contribution < -0.4 is 4.90 Å². The van der Waals surface area contributed by atoms with E-state index in [1.54, 1.807) is 29.2 Å². The van der Waals surface area contributed by atoms with E-state index in [0.29, 0.717) is 11.1 Å². The number of likely N-dealkylation sites (tertiary alicyclic amines) is 1. The van der Waals surface area contributed by atoms with Crippen molar-refractivity contribution in [1.29, 1.82) is 0 Å². The summed E-state index contributed by atoms with van der Waals surface area (Å²) in [6.45, 7) is 3.84. The molecule has 0 unspecified atom stereocenters. The predicted molar refractivity (Wildman–Crippen MR) is 138 cm³/mol. The van der Waals surface area contributed by atoms with E-state index in [1.807, 2.05) is 30.3 Å². The average Bonchev–Trinajstić information content (AvgIpc) is 3.23. The zero-order chi connectivity index (χ0) is 23.5. The summed E-state index contributed by atoms with van der Waals surface area (Å²) in [5, 5.41) is 20.5. The van der Waals surface area contributed by atoms with Crippen molar-refractivity contribution in [3.05, 3.63) is 83.4 Å². The van der Waals surface area contributed by atoms with Crippen LogP contribution in [-0.4, -0.2) is 35.6 Å². The van der Waals surface area contributed by atoms with E-state index in [1.165, 1.54) is 62.2 Å². The molecule has 0 bridgehead atoms. The van der Waals surface area contributed by atoms with Crippen LogP contribution in [-0.2, 0) is 6.42 Å². The summed E-state index contributed by atoms with van der Waals surface area (Å²) in [4.78, 5) is 16.3. The molecule has 1 aromatic heterocycles. The number of phenols is 2. The number of hydrogen-bond donors (Lipinski definition) is 3. The Hall–Kier alpha value is -3.15. The molecule has 0 spiro atoms. The lowest BCUT2D eigenvalue weighted by molar-refractivity contribution is -0.905. The monoisotopic (exact) mass is 472 g/mol. The average molecular weight is 473 g/mol. The molecule has 1 aliphatic rings. The quantitative estimate of drug-likeness (QED) is 0.324. The second-order valence-corrected chi connectivity index (χ2v) is 10.3. The number of carbonyl (C=O) groups is 1. The SMILES string of the molecule is O=C(c1ccc(CCC[NH+]2CCCCC2)cc1)c1c(-c2ccc(O)cc2)sc2cc(O)ccc12. The smallest absolute Gasteiger partial charge is 0.195 e. The van der Waals surface area contributed by atoms with Crippen molar-refractivity contribution in [2.24, 2.45) is 0 Å². The fourth-order valence-electron chi connectivity index (χ4n) is 4.94. The van der Waals surface area contributed by atoms with Crippen LogP contribution in [0.4, 0.5) is 0 Å². The van der Waals surface area contributed by atoms with Gasteiger partial charge in [-0.25, -0.2) is 0 Å². The summed E-state index contributed by atoms with van der Waals surface area (Å²) in [5.74, 6) is 0.345. The topological polar surface area (TPSA) is 62.0 Å². The minimum atomic E-state index is -0.0238. The second kappa shape index (κ2) is 10.00. The first-order valence-corrected chi connectivity index (χ1v) is 12.9.